The minimum Gasteiger partial charge on any atom is -0.475 e. The van der Waals surface area contributed by atoms with E-state index in [1.807, 2.05) is 18.3 Å². The Morgan fingerprint density at radius 3 is 1.74 bits per heavy atom. The molecule has 2 N–H and O–H groups in total. The van der Waals surface area contributed by atoms with Gasteiger partial charge in [-0.25, -0.2) is 9.59 Å². The molecule has 0 atom stereocenters. The Balaban J connectivity index is 0.000000345. The molecule has 3 heterocycles. The van der Waals surface area contributed by atoms with Crippen molar-refractivity contribution >= 4 is 17.8 Å². The second-order valence-corrected chi connectivity index (χ2v) is 11.1. The number of aryl methyl sites for hydroxylation is 1. The second-order valence-electron chi connectivity index (χ2n) is 11.1. The third kappa shape index (κ3) is 11.2. The molecule has 3 aromatic rings. The quantitative estimate of drug-likeness (QED) is 0.311. The number of nitrogens with zero attached hydrogens (tertiary/aromatic N) is 3. The van der Waals surface area contributed by atoms with Crippen LogP contribution in [0.25, 0.3) is 11.1 Å². The summed E-state index contributed by atoms with van der Waals surface area (Å²) in [4.78, 5) is 39.1. The minimum atomic E-state index is -5.08. The fraction of sp³-hybridized carbons (Fsp3) is 0.375. The molecule has 248 valence electrons. The average molecular weight is 654 g/mol. The van der Waals surface area contributed by atoms with Gasteiger partial charge in [-0.2, -0.15) is 26.3 Å². The van der Waals surface area contributed by atoms with Gasteiger partial charge in [-0.05, 0) is 60.7 Å². The molecule has 2 saturated heterocycles. The molecule has 1 spiro atoms. The number of carbonyl (C=O) groups is 3. The predicted octanol–water partition coefficient (Wildman–Crippen LogP) is 6.07. The van der Waals surface area contributed by atoms with Crippen molar-refractivity contribution in [3.05, 3.63) is 90.3 Å². The zero-order valence-electron chi connectivity index (χ0n) is 24.6. The van der Waals surface area contributed by atoms with E-state index in [1.165, 1.54) is 29.5 Å². The Morgan fingerprint density at radius 1 is 0.739 bits per heavy atom. The molecule has 2 aliphatic rings. The van der Waals surface area contributed by atoms with Crippen LogP contribution in [0.5, 0.6) is 0 Å². The van der Waals surface area contributed by atoms with Gasteiger partial charge in [0.15, 0.2) is 0 Å². The van der Waals surface area contributed by atoms with Gasteiger partial charge in [0.2, 0.25) is 5.91 Å². The summed E-state index contributed by atoms with van der Waals surface area (Å²) in [6.07, 6.45) is -2.77. The van der Waals surface area contributed by atoms with Crippen molar-refractivity contribution in [3.63, 3.8) is 0 Å². The Bertz CT molecular complexity index is 1390. The van der Waals surface area contributed by atoms with Crippen LogP contribution in [0.1, 0.15) is 30.4 Å². The Labute approximate surface area is 261 Å². The van der Waals surface area contributed by atoms with Gasteiger partial charge in [-0.15, -0.1) is 0 Å². The molecular formula is C32H33F6N3O5. The van der Waals surface area contributed by atoms with Crippen LogP contribution in [0.15, 0.2) is 79.1 Å². The van der Waals surface area contributed by atoms with Crippen molar-refractivity contribution in [1.82, 2.24) is 14.8 Å². The van der Waals surface area contributed by atoms with Gasteiger partial charge in [0.05, 0.1) is 0 Å². The Kier molecular flexibility index (Phi) is 12.3. The summed E-state index contributed by atoms with van der Waals surface area (Å²) in [5, 5.41) is 14.2. The Hall–Kier alpha value is -4.46. The highest BCUT2D eigenvalue weighted by Gasteiger charge is 2.46. The number of carboxylic acids is 2. The van der Waals surface area contributed by atoms with E-state index >= 15 is 0 Å². The van der Waals surface area contributed by atoms with Crippen LogP contribution in [0, 0.1) is 5.41 Å². The number of aromatic nitrogens is 1. The van der Waals surface area contributed by atoms with Crippen molar-refractivity contribution in [3.8, 4) is 11.1 Å². The molecule has 0 aliphatic carbocycles. The highest BCUT2D eigenvalue weighted by Crippen LogP contribution is 2.41. The Morgan fingerprint density at radius 2 is 1.26 bits per heavy atom. The lowest BCUT2D eigenvalue weighted by Gasteiger charge is -2.54. The molecule has 2 aliphatic heterocycles. The van der Waals surface area contributed by atoms with Crippen molar-refractivity contribution in [1.29, 1.82) is 0 Å². The highest BCUT2D eigenvalue weighted by atomic mass is 19.4. The van der Waals surface area contributed by atoms with E-state index in [9.17, 15) is 31.1 Å². The van der Waals surface area contributed by atoms with E-state index < -0.39 is 24.3 Å². The zero-order chi connectivity index (χ0) is 34.0. The molecule has 14 heteroatoms. The molecule has 5 rings (SSSR count). The van der Waals surface area contributed by atoms with Crippen molar-refractivity contribution in [2.45, 2.75) is 44.6 Å². The lowest BCUT2D eigenvalue weighted by Crippen LogP contribution is -2.61. The SMILES string of the molecule is O=C(CCc1cccnc1)N1CC2(CCN(Cc3ccc(-c4ccccc4)cc3)CC2)C1.O=C(O)C(F)(F)F.O=C(O)C(F)(F)F. The summed E-state index contributed by atoms with van der Waals surface area (Å²) in [6, 6.07) is 23.5. The predicted molar refractivity (Wildman–Crippen MR) is 155 cm³/mol. The highest BCUT2D eigenvalue weighted by molar-refractivity contribution is 5.77. The molecule has 1 aromatic heterocycles. The largest absolute Gasteiger partial charge is 0.490 e. The van der Waals surface area contributed by atoms with Gasteiger partial charge < -0.3 is 15.1 Å². The van der Waals surface area contributed by atoms with Crippen LogP contribution < -0.4 is 0 Å². The lowest BCUT2D eigenvalue weighted by molar-refractivity contribution is -0.193. The summed E-state index contributed by atoms with van der Waals surface area (Å²) >= 11 is 0. The molecule has 2 fully saturated rings. The molecule has 46 heavy (non-hydrogen) atoms. The summed E-state index contributed by atoms with van der Waals surface area (Å²) < 4.78 is 63.5. The fourth-order valence-electron chi connectivity index (χ4n) is 5.09. The molecule has 0 radical (unpaired) electrons. The third-order valence-corrected chi connectivity index (χ3v) is 7.62. The maximum absolute atomic E-state index is 12.6. The van der Waals surface area contributed by atoms with Gasteiger partial charge >= 0.3 is 24.3 Å². The molecule has 1 amide bonds. The van der Waals surface area contributed by atoms with Gasteiger partial charge in [-0.3, -0.25) is 14.7 Å². The molecule has 0 bridgehead atoms. The smallest absolute Gasteiger partial charge is 0.475 e. The first-order valence-corrected chi connectivity index (χ1v) is 14.2. The number of amides is 1. The number of rotatable bonds is 6. The number of hydrogen-bond donors (Lipinski definition) is 2. The molecule has 2 aromatic carbocycles. The lowest BCUT2D eigenvalue weighted by atomic mass is 9.71. The van der Waals surface area contributed by atoms with E-state index in [-0.39, 0.29) is 0 Å². The normalized spacial score (nSPS) is 15.8. The number of alkyl halides is 6. The molecule has 8 nitrogen and oxygen atoms in total. The van der Waals surface area contributed by atoms with E-state index in [4.69, 9.17) is 19.8 Å². The average Bonchev–Trinajstić information content (AvgIpc) is 3.00. The van der Waals surface area contributed by atoms with Crippen LogP contribution in [-0.2, 0) is 27.3 Å². The van der Waals surface area contributed by atoms with Gasteiger partial charge in [0.1, 0.15) is 0 Å². The number of carboxylic acid groups (broad SMARTS) is 2. The first kappa shape index (κ1) is 36.0. The monoisotopic (exact) mass is 653 g/mol. The van der Waals surface area contributed by atoms with Crippen LogP contribution in [0.4, 0.5) is 26.3 Å². The minimum absolute atomic E-state index is 0.292. The maximum atomic E-state index is 12.6. The summed E-state index contributed by atoms with van der Waals surface area (Å²) in [7, 11) is 0. The summed E-state index contributed by atoms with van der Waals surface area (Å²) in [5.74, 6) is -5.22. The van der Waals surface area contributed by atoms with Crippen LogP contribution in [-0.4, -0.2) is 81.4 Å². The topological polar surface area (TPSA) is 111 Å². The van der Waals surface area contributed by atoms with Crippen LogP contribution in [0.3, 0.4) is 0 Å². The standard InChI is InChI=1S/C28H31N3O.2C2HF3O2/c32-27(13-10-23-5-4-16-29-19-23)31-21-28(22-31)14-17-30(18-15-28)20-24-8-11-26(12-9-24)25-6-2-1-3-7-25;2*3-2(4,5)1(6)7/h1-9,11-12,16,19H,10,13-15,17-18,20-22H2;2*(H,6,7). The third-order valence-electron chi connectivity index (χ3n) is 7.62. The van der Waals surface area contributed by atoms with Crippen molar-refractivity contribution in [2.75, 3.05) is 26.2 Å². The van der Waals surface area contributed by atoms with E-state index in [0.717, 1.165) is 44.7 Å². The second kappa shape index (κ2) is 15.7. The number of piperidine rings is 1. The van der Waals surface area contributed by atoms with Gasteiger partial charge in [0, 0.05) is 43.9 Å². The molecular weight excluding hydrogens is 620 g/mol. The number of hydrogen-bond acceptors (Lipinski definition) is 5. The number of likely N-dealkylation sites (tertiary alicyclic amines) is 2. The van der Waals surface area contributed by atoms with Crippen molar-refractivity contribution < 1.29 is 50.9 Å². The first-order chi connectivity index (χ1) is 21.6. The zero-order valence-corrected chi connectivity index (χ0v) is 24.6. The number of aliphatic carboxylic acids is 2. The first-order valence-electron chi connectivity index (χ1n) is 14.2. The van der Waals surface area contributed by atoms with Crippen LogP contribution in [0.2, 0.25) is 0 Å². The number of carbonyl (C=O) groups excluding carboxylic acids is 1. The van der Waals surface area contributed by atoms with E-state index in [1.54, 1.807) is 6.20 Å². The molecule has 0 saturated carbocycles. The fourth-order valence-corrected chi connectivity index (χ4v) is 5.09. The van der Waals surface area contributed by atoms with E-state index in [2.05, 4.69) is 69.4 Å². The van der Waals surface area contributed by atoms with E-state index in [0.29, 0.717) is 17.7 Å². The summed E-state index contributed by atoms with van der Waals surface area (Å²) in [6.45, 7) is 5.15. The number of halogens is 6. The number of benzene rings is 2. The van der Waals surface area contributed by atoms with Gasteiger partial charge in [0.25, 0.3) is 0 Å². The van der Waals surface area contributed by atoms with Gasteiger partial charge in [-0.1, -0.05) is 60.7 Å². The molecule has 0 unspecified atom stereocenters. The van der Waals surface area contributed by atoms with Crippen molar-refractivity contribution in [2.24, 2.45) is 5.41 Å². The maximum Gasteiger partial charge on any atom is 0.490 e. The number of pyridine rings is 1. The van der Waals surface area contributed by atoms with Crippen LogP contribution >= 0.6 is 0 Å². The summed E-state index contributed by atoms with van der Waals surface area (Å²) in [5.41, 5.74) is 5.42.